The van der Waals surface area contributed by atoms with Gasteiger partial charge in [0.1, 0.15) is 5.75 Å². The van der Waals surface area contributed by atoms with Gasteiger partial charge in [0.05, 0.1) is 25.1 Å². The van der Waals surface area contributed by atoms with E-state index >= 15 is 0 Å². The van der Waals surface area contributed by atoms with E-state index in [0.717, 1.165) is 11.3 Å². The fourth-order valence-electron chi connectivity index (χ4n) is 2.94. The van der Waals surface area contributed by atoms with E-state index in [-0.39, 0.29) is 23.9 Å². The highest BCUT2D eigenvalue weighted by Gasteiger charge is 2.33. The lowest BCUT2D eigenvalue weighted by Gasteiger charge is -2.25. The molecule has 1 amide bonds. The second-order valence-corrected chi connectivity index (χ2v) is 5.97. The van der Waals surface area contributed by atoms with Gasteiger partial charge in [0.2, 0.25) is 5.91 Å². The van der Waals surface area contributed by atoms with E-state index in [1.54, 1.807) is 7.11 Å². The van der Waals surface area contributed by atoms with Crippen LogP contribution >= 0.6 is 0 Å². The monoisotopic (exact) mass is 320 g/mol. The Hall–Kier alpha value is -2.08. The van der Waals surface area contributed by atoms with Crippen molar-refractivity contribution in [1.29, 1.82) is 0 Å². The number of carboxylic acid groups (broad SMARTS) is 1. The number of carboxylic acids is 1. The number of carbonyl (C=O) groups excluding carboxylic acids is 1. The van der Waals surface area contributed by atoms with Crippen molar-refractivity contribution in [2.24, 2.45) is 5.92 Å². The first-order valence-corrected chi connectivity index (χ1v) is 7.84. The number of rotatable bonds is 6. The van der Waals surface area contributed by atoms with Gasteiger partial charge in [-0.05, 0) is 32.9 Å². The predicted molar refractivity (Wildman–Crippen MR) is 86.3 cm³/mol. The molecule has 0 aliphatic carbocycles. The summed E-state index contributed by atoms with van der Waals surface area (Å²) < 4.78 is 5.32. The highest BCUT2D eigenvalue weighted by molar-refractivity contribution is 5.82. The Morgan fingerprint density at radius 2 is 2.04 bits per heavy atom. The Labute approximate surface area is 136 Å². The summed E-state index contributed by atoms with van der Waals surface area (Å²) in [6.45, 7) is 4.78. The number of likely N-dealkylation sites (tertiary alicyclic amines) is 1. The minimum Gasteiger partial charge on any atom is -0.496 e. The van der Waals surface area contributed by atoms with Crippen molar-refractivity contribution in [3.63, 3.8) is 0 Å². The number of methoxy groups -OCH3 is 1. The summed E-state index contributed by atoms with van der Waals surface area (Å²) in [5.41, 5.74) is 0.917. The molecule has 1 heterocycles. The van der Waals surface area contributed by atoms with E-state index in [0.29, 0.717) is 19.5 Å². The average Bonchev–Trinajstić information content (AvgIpc) is 3.04. The number of nitrogens with zero attached hydrogens (tertiary/aromatic N) is 1. The van der Waals surface area contributed by atoms with E-state index in [2.05, 4.69) is 5.32 Å². The van der Waals surface area contributed by atoms with Crippen molar-refractivity contribution in [3.05, 3.63) is 29.8 Å². The molecule has 2 N–H and O–H groups in total. The van der Waals surface area contributed by atoms with E-state index in [4.69, 9.17) is 9.84 Å². The number of ether oxygens (including phenoxy) is 1. The van der Waals surface area contributed by atoms with Gasteiger partial charge in [-0.25, -0.2) is 0 Å². The van der Waals surface area contributed by atoms with Crippen LogP contribution in [0.2, 0.25) is 0 Å². The molecule has 6 nitrogen and oxygen atoms in total. The van der Waals surface area contributed by atoms with Crippen LogP contribution in [0.5, 0.6) is 5.75 Å². The van der Waals surface area contributed by atoms with Gasteiger partial charge in [-0.1, -0.05) is 18.2 Å². The highest BCUT2D eigenvalue weighted by Crippen LogP contribution is 2.25. The Morgan fingerprint density at radius 3 is 2.65 bits per heavy atom. The van der Waals surface area contributed by atoms with Crippen molar-refractivity contribution >= 4 is 11.9 Å². The normalized spacial score (nSPS) is 20.7. The molecule has 1 aromatic carbocycles. The average molecular weight is 320 g/mol. The van der Waals surface area contributed by atoms with Crippen molar-refractivity contribution in [2.45, 2.75) is 32.4 Å². The third-order valence-corrected chi connectivity index (χ3v) is 4.46. The van der Waals surface area contributed by atoms with Crippen LogP contribution in [0, 0.1) is 5.92 Å². The highest BCUT2D eigenvalue weighted by atomic mass is 16.5. The molecule has 3 atom stereocenters. The molecule has 0 radical (unpaired) electrons. The fraction of sp³-hybridized carbons (Fsp3) is 0.529. The Bertz CT molecular complexity index is 575. The number of hydrogen-bond acceptors (Lipinski definition) is 4. The van der Waals surface area contributed by atoms with Gasteiger partial charge < -0.3 is 15.2 Å². The lowest BCUT2D eigenvalue weighted by molar-refractivity contribution is -0.141. The number of hydrogen-bond donors (Lipinski definition) is 2. The quantitative estimate of drug-likeness (QED) is 0.833. The molecule has 1 saturated heterocycles. The third-order valence-electron chi connectivity index (χ3n) is 4.46. The summed E-state index contributed by atoms with van der Waals surface area (Å²) >= 11 is 0. The van der Waals surface area contributed by atoms with Crippen LogP contribution in [0.3, 0.4) is 0 Å². The zero-order valence-electron chi connectivity index (χ0n) is 13.8. The van der Waals surface area contributed by atoms with Crippen molar-refractivity contribution in [1.82, 2.24) is 10.2 Å². The molecule has 0 aromatic heterocycles. The van der Waals surface area contributed by atoms with E-state index < -0.39 is 5.97 Å². The lowest BCUT2D eigenvalue weighted by Crippen LogP contribution is -2.45. The second kappa shape index (κ2) is 7.46. The van der Waals surface area contributed by atoms with Crippen molar-refractivity contribution in [3.8, 4) is 5.75 Å². The van der Waals surface area contributed by atoms with Gasteiger partial charge in [0, 0.05) is 12.1 Å². The van der Waals surface area contributed by atoms with Gasteiger partial charge in [0.25, 0.3) is 0 Å². The molecule has 6 heteroatoms. The van der Waals surface area contributed by atoms with Crippen LogP contribution in [-0.4, -0.2) is 48.1 Å². The maximum atomic E-state index is 12.4. The molecule has 0 spiro atoms. The molecule has 1 aromatic rings. The van der Waals surface area contributed by atoms with Crippen LogP contribution in [0.25, 0.3) is 0 Å². The lowest BCUT2D eigenvalue weighted by atomic mass is 10.1. The first-order chi connectivity index (χ1) is 10.9. The van der Waals surface area contributed by atoms with E-state index in [9.17, 15) is 9.59 Å². The third kappa shape index (κ3) is 4.01. The van der Waals surface area contributed by atoms with Crippen LogP contribution in [0.1, 0.15) is 31.9 Å². The first-order valence-electron chi connectivity index (χ1n) is 7.84. The van der Waals surface area contributed by atoms with Gasteiger partial charge in [-0.15, -0.1) is 0 Å². The zero-order chi connectivity index (χ0) is 17.0. The van der Waals surface area contributed by atoms with Crippen LogP contribution in [-0.2, 0) is 9.59 Å². The molecule has 1 fully saturated rings. The van der Waals surface area contributed by atoms with Gasteiger partial charge in [-0.2, -0.15) is 0 Å². The minimum absolute atomic E-state index is 0.102. The molecule has 0 bridgehead atoms. The summed E-state index contributed by atoms with van der Waals surface area (Å²) in [6, 6.07) is 7.04. The molecule has 2 rings (SSSR count). The summed E-state index contributed by atoms with van der Waals surface area (Å²) in [7, 11) is 1.60. The predicted octanol–water partition coefficient (Wildman–Crippen LogP) is 1.67. The maximum absolute atomic E-state index is 12.4. The Kier molecular flexibility index (Phi) is 5.60. The number of benzene rings is 1. The maximum Gasteiger partial charge on any atom is 0.307 e. The number of para-hydroxylation sites is 1. The molecule has 1 aliphatic rings. The summed E-state index contributed by atoms with van der Waals surface area (Å²) in [6.07, 6.45) is 0.592. The number of nitrogens with one attached hydrogen (secondary N) is 1. The minimum atomic E-state index is -0.789. The zero-order valence-corrected chi connectivity index (χ0v) is 13.8. The first kappa shape index (κ1) is 17.3. The van der Waals surface area contributed by atoms with E-state index in [1.165, 1.54) is 0 Å². The topological polar surface area (TPSA) is 78.9 Å². The molecule has 0 saturated carbocycles. The number of amides is 1. The molecule has 23 heavy (non-hydrogen) atoms. The number of aliphatic carboxylic acids is 1. The molecule has 1 aliphatic heterocycles. The smallest absolute Gasteiger partial charge is 0.307 e. The molecular weight excluding hydrogens is 296 g/mol. The van der Waals surface area contributed by atoms with Crippen molar-refractivity contribution < 1.29 is 19.4 Å². The molecule has 3 unspecified atom stereocenters. The summed E-state index contributed by atoms with van der Waals surface area (Å²) in [5, 5.41) is 12.0. The van der Waals surface area contributed by atoms with E-state index in [1.807, 2.05) is 43.0 Å². The van der Waals surface area contributed by atoms with Gasteiger partial charge >= 0.3 is 5.97 Å². The fourth-order valence-corrected chi connectivity index (χ4v) is 2.94. The van der Waals surface area contributed by atoms with Gasteiger partial charge in [0.15, 0.2) is 0 Å². The number of carbonyl (C=O) groups is 2. The van der Waals surface area contributed by atoms with Crippen LogP contribution in [0.15, 0.2) is 24.3 Å². The SMILES string of the molecule is COc1ccccc1C(C)NC(=O)C(C)N1CCC(C(=O)O)C1. The second-order valence-electron chi connectivity index (χ2n) is 5.97. The Balaban J connectivity index is 1.97. The molecule has 126 valence electrons. The summed E-state index contributed by atoms with van der Waals surface area (Å²) in [5.74, 6) is -0.533. The standard InChI is InChI=1S/C17H24N2O4/c1-11(14-6-4-5-7-15(14)23-3)18-16(20)12(2)19-9-8-13(10-19)17(21)22/h4-7,11-13H,8-10H2,1-3H3,(H,18,20)(H,21,22). The molecular formula is C17H24N2O4. The van der Waals surface area contributed by atoms with Crippen LogP contribution < -0.4 is 10.1 Å². The largest absolute Gasteiger partial charge is 0.496 e. The van der Waals surface area contributed by atoms with Crippen LogP contribution in [0.4, 0.5) is 0 Å². The van der Waals surface area contributed by atoms with Gasteiger partial charge in [-0.3, -0.25) is 14.5 Å². The summed E-state index contributed by atoms with van der Waals surface area (Å²) in [4.78, 5) is 25.4. The Morgan fingerprint density at radius 1 is 1.35 bits per heavy atom. The van der Waals surface area contributed by atoms with Crippen molar-refractivity contribution in [2.75, 3.05) is 20.2 Å².